The molecule has 0 spiro atoms. The predicted molar refractivity (Wildman–Crippen MR) is 142 cm³/mol. The Labute approximate surface area is 220 Å². The van der Waals surface area contributed by atoms with Crippen molar-refractivity contribution in [3.8, 4) is 5.75 Å². The fourth-order valence-electron chi connectivity index (χ4n) is 3.53. The standard InChI is InChI=1S/C23H26ClN5O6S2/c1-14-12-15(2)26-23(25-14)28-37(33,34)19-9-7-18(8-10-19)27-22(30)16(3)29(36(5,31)32)20-13-17(24)6-11-21(20)35-4/h6-13,16H,1-5H3,(H,27,30)(H,25,26,28)/t16-/m1/s1. The first-order valence-electron chi connectivity index (χ1n) is 10.8. The molecule has 14 heteroatoms. The molecule has 1 heterocycles. The molecule has 0 aliphatic rings. The number of ether oxygens (including phenoxy) is 1. The normalized spacial score (nSPS) is 12.5. The van der Waals surface area contributed by atoms with Gasteiger partial charge in [-0.25, -0.2) is 31.5 Å². The van der Waals surface area contributed by atoms with Crippen LogP contribution in [0.4, 0.5) is 17.3 Å². The first-order valence-corrected chi connectivity index (χ1v) is 14.5. The number of anilines is 3. The molecule has 1 atom stereocenters. The Morgan fingerprint density at radius 2 is 1.59 bits per heavy atom. The van der Waals surface area contributed by atoms with E-state index in [0.717, 1.165) is 10.6 Å². The highest BCUT2D eigenvalue weighted by Crippen LogP contribution is 2.34. The first-order chi connectivity index (χ1) is 17.2. The number of nitrogens with zero attached hydrogens (tertiary/aromatic N) is 3. The summed E-state index contributed by atoms with van der Waals surface area (Å²) in [4.78, 5) is 21.1. The van der Waals surface area contributed by atoms with Gasteiger partial charge in [-0.15, -0.1) is 0 Å². The Hall–Kier alpha value is -3.42. The molecule has 0 aliphatic carbocycles. The van der Waals surface area contributed by atoms with Crippen molar-refractivity contribution < 1.29 is 26.4 Å². The maximum absolute atomic E-state index is 13.0. The van der Waals surface area contributed by atoms with Gasteiger partial charge >= 0.3 is 0 Å². The largest absolute Gasteiger partial charge is 0.495 e. The Balaban J connectivity index is 1.81. The number of methoxy groups -OCH3 is 1. The Morgan fingerprint density at radius 1 is 1.00 bits per heavy atom. The van der Waals surface area contributed by atoms with E-state index in [0.29, 0.717) is 11.4 Å². The second-order valence-corrected chi connectivity index (χ2v) is 12.1. The lowest BCUT2D eigenvalue weighted by Crippen LogP contribution is -2.45. The molecule has 0 bridgehead atoms. The zero-order valence-electron chi connectivity index (χ0n) is 20.7. The molecule has 0 saturated heterocycles. The van der Waals surface area contributed by atoms with Crippen LogP contribution in [0.3, 0.4) is 0 Å². The van der Waals surface area contributed by atoms with Crippen LogP contribution >= 0.6 is 11.6 Å². The molecule has 3 aromatic rings. The molecular weight excluding hydrogens is 542 g/mol. The van der Waals surface area contributed by atoms with E-state index in [9.17, 15) is 21.6 Å². The third-order valence-corrected chi connectivity index (χ3v) is 7.91. The van der Waals surface area contributed by atoms with Crippen LogP contribution in [0.15, 0.2) is 53.4 Å². The van der Waals surface area contributed by atoms with E-state index in [2.05, 4.69) is 20.0 Å². The molecule has 37 heavy (non-hydrogen) atoms. The minimum Gasteiger partial charge on any atom is -0.495 e. The van der Waals surface area contributed by atoms with E-state index in [4.69, 9.17) is 16.3 Å². The van der Waals surface area contributed by atoms with E-state index in [1.54, 1.807) is 19.9 Å². The van der Waals surface area contributed by atoms with Gasteiger partial charge in [0.2, 0.25) is 21.9 Å². The Kier molecular flexibility index (Phi) is 8.30. The predicted octanol–water partition coefficient (Wildman–Crippen LogP) is 3.35. The summed E-state index contributed by atoms with van der Waals surface area (Å²) in [6.07, 6.45) is 0.962. The number of sulfonamides is 2. The fraction of sp³-hybridized carbons (Fsp3) is 0.261. The topological polar surface area (TPSA) is 148 Å². The van der Waals surface area contributed by atoms with Crippen LogP contribution in [-0.4, -0.2) is 52.1 Å². The number of rotatable bonds is 9. The van der Waals surface area contributed by atoms with Crippen molar-refractivity contribution >= 4 is 54.9 Å². The number of amides is 1. The van der Waals surface area contributed by atoms with E-state index in [1.165, 1.54) is 56.5 Å². The van der Waals surface area contributed by atoms with Gasteiger partial charge in [0.1, 0.15) is 11.8 Å². The lowest BCUT2D eigenvalue weighted by molar-refractivity contribution is -0.116. The van der Waals surface area contributed by atoms with Crippen LogP contribution in [0.1, 0.15) is 18.3 Å². The molecule has 2 aromatic carbocycles. The van der Waals surface area contributed by atoms with Gasteiger partial charge in [-0.2, -0.15) is 0 Å². The quantitative estimate of drug-likeness (QED) is 0.400. The fourth-order valence-corrected chi connectivity index (χ4v) is 5.81. The van der Waals surface area contributed by atoms with Gasteiger partial charge in [0.05, 0.1) is 23.9 Å². The van der Waals surface area contributed by atoms with Gasteiger partial charge in [-0.3, -0.25) is 9.10 Å². The van der Waals surface area contributed by atoms with E-state index >= 15 is 0 Å². The number of carbonyl (C=O) groups is 1. The highest BCUT2D eigenvalue weighted by Gasteiger charge is 2.31. The maximum Gasteiger partial charge on any atom is 0.264 e. The average molecular weight is 568 g/mol. The number of hydrogen-bond acceptors (Lipinski definition) is 8. The second kappa shape index (κ2) is 10.9. The third kappa shape index (κ3) is 6.87. The number of carbonyl (C=O) groups excluding carboxylic acids is 1. The molecule has 2 N–H and O–H groups in total. The molecule has 0 saturated carbocycles. The number of hydrogen-bond donors (Lipinski definition) is 2. The van der Waals surface area contributed by atoms with Crippen LogP contribution in [0.2, 0.25) is 5.02 Å². The van der Waals surface area contributed by atoms with Gasteiger partial charge in [0, 0.05) is 22.1 Å². The minimum atomic E-state index is -3.99. The summed E-state index contributed by atoms with van der Waals surface area (Å²) in [7, 11) is -6.55. The van der Waals surface area contributed by atoms with Gasteiger partial charge in [-0.1, -0.05) is 11.6 Å². The van der Waals surface area contributed by atoms with Crippen LogP contribution in [0.25, 0.3) is 0 Å². The van der Waals surface area contributed by atoms with Crippen LogP contribution in [0, 0.1) is 13.8 Å². The van der Waals surface area contributed by atoms with Gasteiger partial charge in [0.15, 0.2) is 0 Å². The number of halogens is 1. The van der Waals surface area contributed by atoms with Crippen molar-refractivity contribution in [1.29, 1.82) is 0 Å². The van der Waals surface area contributed by atoms with Crippen LogP contribution in [-0.2, 0) is 24.8 Å². The highest BCUT2D eigenvalue weighted by atomic mass is 35.5. The van der Waals surface area contributed by atoms with Crippen molar-refractivity contribution in [3.05, 3.63) is 64.9 Å². The molecule has 0 fully saturated rings. The highest BCUT2D eigenvalue weighted by molar-refractivity contribution is 7.92. The van der Waals surface area contributed by atoms with Crippen LogP contribution in [0.5, 0.6) is 5.75 Å². The number of aryl methyl sites for hydroxylation is 2. The molecule has 11 nitrogen and oxygen atoms in total. The molecule has 1 amide bonds. The summed E-state index contributed by atoms with van der Waals surface area (Å²) >= 11 is 6.06. The summed E-state index contributed by atoms with van der Waals surface area (Å²) < 4.78 is 59.2. The average Bonchev–Trinajstić information content (AvgIpc) is 2.77. The summed E-state index contributed by atoms with van der Waals surface area (Å²) in [6, 6.07) is 10.3. The molecule has 198 valence electrons. The number of benzene rings is 2. The molecule has 0 unspecified atom stereocenters. The van der Waals surface area contributed by atoms with Gasteiger partial charge < -0.3 is 10.1 Å². The van der Waals surface area contributed by atoms with Crippen molar-refractivity contribution in [2.24, 2.45) is 0 Å². The second-order valence-electron chi connectivity index (χ2n) is 8.14. The number of nitrogens with one attached hydrogen (secondary N) is 2. The molecule has 3 rings (SSSR count). The van der Waals surface area contributed by atoms with Crippen molar-refractivity contribution in [2.75, 3.05) is 27.7 Å². The Bertz CT molecular complexity index is 1510. The third-order valence-electron chi connectivity index (χ3n) is 5.11. The molecular formula is C23H26ClN5O6S2. The summed E-state index contributed by atoms with van der Waals surface area (Å²) in [5, 5.41) is 2.86. The minimum absolute atomic E-state index is 0.0546. The monoisotopic (exact) mass is 567 g/mol. The van der Waals surface area contributed by atoms with E-state index in [1.807, 2.05) is 0 Å². The number of aromatic nitrogens is 2. The molecule has 0 radical (unpaired) electrons. The maximum atomic E-state index is 13.0. The van der Waals surface area contributed by atoms with Crippen LogP contribution < -0.4 is 19.1 Å². The SMILES string of the molecule is COc1ccc(Cl)cc1N([C@H](C)C(=O)Nc1ccc(S(=O)(=O)Nc2nc(C)cc(C)n2)cc1)S(C)(=O)=O. The molecule has 0 aliphatic heterocycles. The first kappa shape index (κ1) is 28.2. The van der Waals surface area contributed by atoms with Gasteiger partial charge in [-0.05, 0) is 69.3 Å². The van der Waals surface area contributed by atoms with Gasteiger partial charge in [0.25, 0.3) is 10.0 Å². The Morgan fingerprint density at radius 3 is 2.14 bits per heavy atom. The smallest absolute Gasteiger partial charge is 0.264 e. The van der Waals surface area contributed by atoms with E-state index in [-0.39, 0.29) is 33.0 Å². The van der Waals surface area contributed by atoms with E-state index < -0.39 is 32.0 Å². The summed E-state index contributed by atoms with van der Waals surface area (Å²) in [6.45, 7) is 4.85. The molecule has 1 aromatic heterocycles. The van der Waals surface area contributed by atoms with Crippen molar-refractivity contribution in [2.45, 2.75) is 31.7 Å². The summed E-state index contributed by atoms with van der Waals surface area (Å²) in [5.74, 6) is -0.504. The zero-order chi connectivity index (χ0) is 27.5. The zero-order valence-corrected chi connectivity index (χ0v) is 23.1. The summed E-state index contributed by atoms with van der Waals surface area (Å²) in [5.41, 5.74) is 1.57. The van der Waals surface area contributed by atoms with Crippen molar-refractivity contribution in [1.82, 2.24) is 9.97 Å². The van der Waals surface area contributed by atoms with Crippen molar-refractivity contribution in [3.63, 3.8) is 0 Å². The lowest BCUT2D eigenvalue weighted by Gasteiger charge is -2.29. The lowest BCUT2D eigenvalue weighted by atomic mass is 10.2.